The molecule has 23 heavy (non-hydrogen) atoms. The summed E-state index contributed by atoms with van der Waals surface area (Å²) in [4.78, 5) is 36.9. The second-order valence-corrected chi connectivity index (χ2v) is 6.50. The lowest BCUT2D eigenvalue weighted by Gasteiger charge is -2.14. The summed E-state index contributed by atoms with van der Waals surface area (Å²) in [5.41, 5.74) is 0.629. The number of nitrogens with one attached hydrogen (secondary N) is 1. The van der Waals surface area contributed by atoms with E-state index in [1.807, 2.05) is 19.9 Å². The van der Waals surface area contributed by atoms with Crippen LogP contribution in [-0.4, -0.2) is 42.0 Å². The molecule has 0 aliphatic rings. The van der Waals surface area contributed by atoms with Crippen LogP contribution in [0.3, 0.4) is 0 Å². The number of aryl methyl sites for hydroxylation is 2. The Morgan fingerprint density at radius 3 is 2.61 bits per heavy atom. The van der Waals surface area contributed by atoms with Crippen molar-refractivity contribution < 1.29 is 24.2 Å². The second kappa shape index (κ2) is 9.22. The normalized spacial score (nSPS) is 11.7. The molecule has 0 aromatic carbocycles. The fourth-order valence-corrected chi connectivity index (χ4v) is 2.92. The molecule has 1 rings (SSSR count). The van der Waals surface area contributed by atoms with Gasteiger partial charge in [0.25, 0.3) is 0 Å². The van der Waals surface area contributed by atoms with Crippen LogP contribution < -0.4 is 5.32 Å². The van der Waals surface area contributed by atoms with Gasteiger partial charge in [-0.2, -0.15) is 0 Å². The zero-order valence-corrected chi connectivity index (χ0v) is 14.1. The molecule has 1 atom stereocenters. The van der Waals surface area contributed by atoms with Crippen molar-refractivity contribution in [3.63, 3.8) is 0 Å². The summed E-state index contributed by atoms with van der Waals surface area (Å²) >= 11 is 1.53. The number of thiophene rings is 1. The van der Waals surface area contributed by atoms with Gasteiger partial charge in [0, 0.05) is 28.2 Å². The molecule has 7 heteroatoms. The number of rotatable bonds is 10. The highest BCUT2D eigenvalue weighted by Gasteiger charge is 2.21. The highest BCUT2D eigenvalue weighted by Crippen LogP contribution is 2.22. The summed E-state index contributed by atoms with van der Waals surface area (Å²) in [6, 6.07) is 0.673. The van der Waals surface area contributed by atoms with Crippen LogP contribution in [0.1, 0.15) is 33.0 Å². The fourth-order valence-electron chi connectivity index (χ4n) is 1.98. The minimum Gasteiger partial charge on any atom is -0.480 e. The lowest BCUT2D eigenvalue weighted by Crippen LogP contribution is -2.44. The van der Waals surface area contributed by atoms with E-state index in [9.17, 15) is 14.4 Å². The van der Waals surface area contributed by atoms with Crippen LogP contribution in [-0.2, 0) is 14.3 Å². The van der Waals surface area contributed by atoms with Crippen molar-refractivity contribution in [3.8, 4) is 0 Å². The third-order valence-corrected chi connectivity index (χ3v) is 4.04. The number of hydrogen-bond acceptors (Lipinski definition) is 5. The van der Waals surface area contributed by atoms with E-state index in [4.69, 9.17) is 9.84 Å². The topological polar surface area (TPSA) is 92.7 Å². The van der Waals surface area contributed by atoms with Gasteiger partial charge in [0.05, 0.1) is 13.2 Å². The number of carboxylic acids is 1. The Morgan fingerprint density at radius 2 is 2.09 bits per heavy atom. The van der Waals surface area contributed by atoms with E-state index in [1.165, 1.54) is 17.4 Å². The first-order valence-corrected chi connectivity index (χ1v) is 7.97. The average Bonchev–Trinajstić information content (AvgIpc) is 2.82. The number of carbonyl (C=O) groups excluding carboxylic acids is 2. The summed E-state index contributed by atoms with van der Waals surface area (Å²) in [6.07, 6.45) is 1.48. The highest BCUT2D eigenvalue weighted by molar-refractivity contribution is 7.12. The van der Waals surface area contributed by atoms with Crippen molar-refractivity contribution in [2.24, 2.45) is 0 Å². The molecule has 1 aromatic rings. The first kappa shape index (κ1) is 19.1. The fraction of sp³-hybridized carbons (Fsp3) is 0.438. The standard InChI is InChI=1S/C16H21NO5S/c1-4-7-22-9-13(16(20)21)17-15(19)6-5-14(18)12-8-10(2)23-11(12)3/h4,8,13H,1,5-7,9H2,2-3H3,(H,17,19)(H,20,21). The van der Waals surface area contributed by atoms with Gasteiger partial charge in [0.15, 0.2) is 11.8 Å². The molecule has 1 heterocycles. The molecule has 1 unspecified atom stereocenters. The third-order valence-electron chi connectivity index (χ3n) is 3.07. The summed E-state index contributed by atoms with van der Waals surface area (Å²) in [6.45, 7) is 7.29. The second-order valence-electron chi connectivity index (χ2n) is 5.03. The van der Waals surface area contributed by atoms with Crippen LogP contribution in [0.5, 0.6) is 0 Å². The molecular formula is C16H21NO5S. The first-order valence-electron chi connectivity index (χ1n) is 7.16. The molecule has 0 radical (unpaired) electrons. The van der Waals surface area contributed by atoms with Gasteiger partial charge in [-0.05, 0) is 19.9 Å². The van der Waals surface area contributed by atoms with Gasteiger partial charge in [-0.1, -0.05) is 6.08 Å². The Bertz CT molecular complexity index is 593. The number of ketones is 1. The van der Waals surface area contributed by atoms with E-state index in [1.54, 1.807) is 0 Å². The summed E-state index contributed by atoms with van der Waals surface area (Å²) < 4.78 is 5.04. The van der Waals surface area contributed by atoms with Crippen LogP contribution in [0.2, 0.25) is 0 Å². The van der Waals surface area contributed by atoms with Crippen molar-refractivity contribution in [2.45, 2.75) is 32.7 Å². The molecule has 0 bridgehead atoms. The molecule has 0 aliphatic carbocycles. The van der Waals surface area contributed by atoms with Crippen LogP contribution in [0.15, 0.2) is 18.7 Å². The number of ether oxygens (including phenoxy) is 1. The molecule has 0 saturated carbocycles. The number of carbonyl (C=O) groups is 3. The predicted octanol–water partition coefficient (Wildman–Crippen LogP) is 2.10. The largest absolute Gasteiger partial charge is 0.480 e. The van der Waals surface area contributed by atoms with Gasteiger partial charge in [-0.3, -0.25) is 9.59 Å². The molecule has 1 aromatic heterocycles. The van der Waals surface area contributed by atoms with Crippen molar-refractivity contribution in [1.29, 1.82) is 0 Å². The quantitative estimate of drug-likeness (QED) is 0.387. The Morgan fingerprint density at radius 1 is 1.39 bits per heavy atom. The van der Waals surface area contributed by atoms with E-state index in [2.05, 4.69) is 11.9 Å². The predicted molar refractivity (Wildman–Crippen MR) is 87.9 cm³/mol. The maximum absolute atomic E-state index is 12.1. The van der Waals surface area contributed by atoms with Crippen LogP contribution in [0, 0.1) is 13.8 Å². The SMILES string of the molecule is C=CCOCC(NC(=O)CCC(=O)c1cc(C)sc1C)C(=O)O. The minimum absolute atomic E-state index is 0.0443. The zero-order valence-electron chi connectivity index (χ0n) is 13.3. The molecule has 1 amide bonds. The van der Waals surface area contributed by atoms with E-state index in [-0.39, 0.29) is 31.8 Å². The lowest BCUT2D eigenvalue weighted by atomic mass is 10.1. The van der Waals surface area contributed by atoms with Crippen molar-refractivity contribution in [2.75, 3.05) is 13.2 Å². The molecule has 0 fully saturated rings. The van der Waals surface area contributed by atoms with Gasteiger partial charge in [0.2, 0.25) is 5.91 Å². The molecule has 0 spiro atoms. The lowest BCUT2D eigenvalue weighted by molar-refractivity contribution is -0.143. The monoisotopic (exact) mass is 339 g/mol. The average molecular weight is 339 g/mol. The van der Waals surface area contributed by atoms with E-state index in [0.29, 0.717) is 5.56 Å². The Balaban J connectivity index is 2.48. The molecule has 0 aliphatic heterocycles. The molecule has 0 saturated heterocycles. The molecule has 126 valence electrons. The highest BCUT2D eigenvalue weighted by atomic mass is 32.1. The van der Waals surface area contributed by atoms with Crippen LogP contribution in [0.4, 0.5) is 0 Å². The maximum Gasteiger partial charge on any atom is 0.328 e. The summed E-state index contributed by atoms with van der Waals surface area (Å²) in [7, 11) is 0. The van der Waals surface area contributed by atoms with Gasteiger partial charge in [0.1, 0.15) is 0 Å². The van der Waals surface area contributed by atoms with Gasteiger partial charge in [-0.15, -0.1) is 17.9 Å². The smallest absolute Gasteiger partial charge is 0.328 e. The van der Waals surface area contributed by atoms with Crippen LogP contribution >= 0.6 is 11.3 Å². The Labute approximate surface area is 139 Å². The molecular weight excluding hydrogens is 318 g/mol. The van der Waals surface area contributed by atoms with Crippen LogP contribution in [0.25, 0.3) is 0 Å². The Kier molecular flexibility index (Phi) is 7.64. The van der Waals surface area contributed by atoms with E-state index < -0.39 is 17.9 Å². The van der Waals surface area contributed by atoms with Gasteiger partial charge >= 0.3 is 5.97 Å². The van der Waals surface area contributed by atoms with Gasteiger partial charge in [-0.25, -0.2) is 4.79 Å². The van der Waals surface area contributed by atoms with Gasteiger partial charge < -0.3 is 15.2 Å². The number of aliphatic carboxylic acids is 1. The minimum atomic E-state index is -1.18. The number of hydrogen-bond donors (Lipinski definition) is 2. The molecule has 2 N–H and O–H groups in total. The number of carboxylic acid groups (broad SMARTS) is 1. The zero-order chi connectivity index (χ0) is 17.4. The van der Waals surface area contributed by atoms with Crippen molar-refractivity contribution in [3.05, 3.63) is 34.0 Å². The molecule has 6 nitrogen and oxygen atoms in total. The third kappa shape index (κ3) is 6.33. The van der Waals surface area contributed by atoms with Crippen molar-refractivity contribution >= 4 is 29.0 Å². The first-order chi connectivity index (χ1) is 10.8. The Hall–Kier alpha value is -1.99. The number of Topliss-reactive ketones (excluding diaryl/α,β-unsaturated/α-hetero) is 1. The maximum atomic E-state index is 12.1. The van der Waals surface area contributed by atoms with E-state index in [0.717, 1.165) is 9.75 Å². The van der Waals surface area contributed by atoms with E-state index >= 15 is 0 Å². The van der Waals surface area contributed by atoms with Crippen molar-refractivity contribution in [1.82, 2.24) is 5.32 Å². The number of amides is 1. The summed E-state index contributed by atoms with van der Waals surface area (Å²) in [5, 5.41) is 11.4. The summed E-state index contributed by atoms with van der Waals surface area (Å²) in [5.74, 6) is -1.78.